The fourth-order valence-corrected chi connectivity index (χ4v) is 1.95. The molecule has 1 aliphatic heterocycles. The van der Waals surface area contributed by atoms with E-state index in [1.165, 1.54) is 7.11 Å². The average molecular weight is 201 g/mol. The quantitative estimate of drug-likeness (QED) is 0.671. The van der Waals surface area contributed by atoms with Crippen molar-refractivity contribution in [3.8, 4) is 0 Å². The molecule has 1 rings (SSSR count). The van der Waals surface area contributed by atoms with Crippen molar-refractivity contribution < 1.29 is 14.6 Å². The number of likely N-dealkylation sites (tertiary alicyclic amines) is 1. The number of carbonyl (C=O) groups is 1. The molecular formula is C10H19NO3. The zero-order valence-corrected chi connectivity index (χ0v) is 8.90. The van der Waals surface area contributed by atoms with Gasteiger partial charge < -0.3 is 9.84 Å². The summed E-state index contributed by atoms with van der Waals surface area (Å²) in [5.74, 6) is -0.176. The van der Waals surface area contributed by atoms with Gasteiger partial charge in [-0.3, -0.25) is 9.69 Å². The van der Waals surface area contributed by atoms with Crippen LogP contribution in [0.5, 0.6) is 0 Å². The number of aliphatic hydroxyl groups is 1. The van der Waals surface area contributed by atoms with Gasteiger partial charge >= 0.3 is 5.97 Å². The van der Waals surface area contributed by atoms with Gasteiger partial charge in [-0.15, -0.1) is 0 Å². The molecule has 4 heteroatoms. The number of aliphatic hydroxyl groups excluding tert-OH is 1. The van der Waals surface area contributed by atoms with E-state index in [-0.39, 0.29) is 18.1 Å². The van der Waals surface area contributed by atoms with Gasteiger partial charge in [0.15, 0.2) is 0 Å². The number of nitrogens with zero attached hydrogens (tertiary/aromatic N) is 1. The van der Waals surface area contributed by atoms with E-state index < -0.39 is 0 Å². The number of ether oxygens (including phenoxy) is 1. The normalized spacial score (nSPS) is 25.8. The van der Waals surface area contributed by atoms with Gasteiger partial charge in [0.05, 0.1) is 13.2 Å². The molecule has 0 aromatic heterocycles. The number of hydrogen-bond donors (Lipinski definition) is 1. The highest BCUT2D eigenvalue weighted by molar-refractivity contribution is 5.75. The molecule has 1 N–H and O–H groups in total. The Kier molecular flexibility index (Phi) is 4.35. The number of rotatable bonds is 3. The number of esters is 1. The molecule has 0 aromatic rings. The Bertz CT molecular complexity index is 194. The van der Waals surface area contributed by atoms with Crippen LogP contribution in [0.3, 0.4) is 0 Å². The smallest absolute Gasteiger partial charge is 0.323 e. The minimum Gasteiger partial charge on any atom is -0.468 e. The van der Waals surface area contributed by atoms with Crippen LogP contribution < -0.4 is 0 Å². The lowest BCUT2D eigenvalue weighted by atomic mass is 10.0. The Labute approximate surface area is 84.8 Å². The molecule has 2 unspecified atom stereocenters. The third-order valence-electron chi connectivity index (χ3n) is 2.59. The van der Waals surface area contributed by atoms with Gasteiger partial charge in [0, 0.05) is 6.54 Å². The van der Waals surface area contributed by atoms with E-state index in [1.807, 2.05) is 4.90 Å². The second-order valence-electron chi connectivity index (χ2n) is 3.88. The van der Waals surface area contributed by atoms with Gasteiger partial charge in [0.1, 0.15) is 6.04 Å². The van der Waals surface area contributed by atoms with Gasteiger partial charge in [-0.2, -0.15) is 0 Å². The van der Waals surface area contributed by atoms with E-state index in [0.717, 1.165) is 25.8 Å². The molecule has 1 heterocycles. The van der Waals surface area contributed by atoms with E-state index in [1.54, 1.807) is 6.92 Å². The molecule has 2 atom stereocenters. The van der Waals surface area contributed by atoms with E-state index in [2.05, 4.69) is 0 Å². The summed E-state index contributed by atoms with van der Waals surface area (Å²) >= 11 is 0. The Hall–Kier alpha value is -0.610. The highest BCUT2D eigenvalue weighted by Gasteiger charge is 2.29. The van der Waals surface area contributed by atoms with Crippen LogP contribution in [-0.4, -0.2) is 48.3 Å². The average Bonchev–Trinajstić information content (AvgIpc) is 2.16. The second kappa shape index (κ2) is 5.32. The fraction of sp³-hybridized carbons (Fsp3) is 0.900. The Morgan fingerprint density at radius 1 is 1.64 bits per heavy atom. The van der Waals surface area contributed by atoms with Crippen molar-refractivity contribution in [3.05, 3.63) is 0 Å². The lowest BCUT2D eigenvalue weighted by Gasteiger charge is -2.34. The minimum atomic E-state index is -0.389. The number of carbonyl (C=O) groups excluding carboxylic acids is 1. The third-order valence-corrected chi connectivity index (χ3v) is 2.59. The SMILES string of the molecule is COC(=O)C1CCCCN1CC(C)O. The van der Waals surface area contributed by atoms with E-state index in [4.69, 9.17) is 4.74 Å². The first-order valence-electron chi connectivity index (χ1n) is 5.15. The summed E-state index contributed by atoms with van der Waals surface area (Å²) < 4.78 is 4.74. The lowest BCUT2D eigenvalue weighted by Crippen LogP contribution is -2.47. The standard InChI is InChI=1S/C10H19NO3/c1-8(12)7-11-6-4-3-5-9(11)10(13)14-2/h8-9,12H,3-7H2,1-2H3. The summed E-state index contributed by atoms with van der Waals surface area (Å²) in [6.45, 7) is 3.17. The first kappa shape index (κ1) is 11.5. The Morgan fingerprint density at radius 3 is 2.93 bits per heavy atom. The van der Waals surface area contributed by atoms with Crippen molar-refractivity contribution in [1.82, 2.24) is 4.90 Å². The van der Waals surface area contributed by atoms with Gasteiger partial charge in [-0.1, -0.05) is 6.42 Å². The van der Waals surface area contributed by atoms with Gasteiger partial charge in [-0.25, -0.2) is 0 Å². The van der Waals surface area contributed by atoms with Crippen molar-refractivity contribution in [1.29, 1.82) is 0 Å². The van der Waals surface area contributed by atoms with Crippen LogP contribution >= 0.6 is 0 Å². The van der Waals surface area contributed by atoms with Crippen molar-refractivity contribution in [2.75, 3.05) is 20.2 Å². The van der Waals surface area contributed by atoms with Crippen LogP contribution in [0.1, 0.15) is 26.2 Å². The predicted octanol–water partition coefficient (Wildman–Crippen LogP) is 0.395. The number of piperidine rings is 1. The molecule has 0 spiro atoms. The predicted molar refractivity (Wildman–Crippen MR) is 52.9 cm³/mol. The van der Waals surface area contributed by atoms with Crippen LogP contribution in [0.25, 0.3) is 0 Å². The number of β-amino-alcohol motifs (C(OH)–C–C–N with tert-alkyl or cyclic N) is 1. The molecule has 0 radical (unpaired) electrons. The maximum atomic E-state index is 11.4. The minimum absolute atomic E-state index is 0.150. The van der Waals surface area contributed by atoms with Gasteiger partial charge in [0.2, 0.25) is 0 Å². The van der Waals surface area contributed by atoms with Gasteiger partial charge in [-0.05, 0) is 26.3 Å². The Balaban J connectivity index is 2.54. The van der Waals surface area contributed by atoms with Crippen LogP contribution in [0.2, 0.25) is 0 Å². The molecule has 4 nitrogen and oxygen atoms in total. The van der Waals surface area contributed by atoms with E-state index >= 15 is 0 Å². The maximum absolute atomic E-state index is 11.4. The summed E-state index contributed by atoms with van der Waals surface area (Å²) in [6.07, 6.45) is 2.62. The monoisotopic (exact) mass is 201 g/mol. The highest BCUT2D eigenvalue weighted by atomic mass is 16.5. The molecular weight excluding hydrogens is 182 g/mol. The molecule has 14 heavy (non-hydrogen) atoms. The zero-order valence-electron chi connectivity index (χ0n) is 8.90. The molecule has 1 fully saturated rings. The largest absolute Gasteiger partial charge is 0.468 e. The third kappa shape index (κ3) is 2.96. The van der Waals surface area contributed by atoms with Crippen molar-refractivity contribution in [2.24, 2.45) is 0 Å². The summed E-state index contributed by atoms with van der Waals surface area (Å²) in [6, 6.07) is -0.150. The van der Waals surface area contributed by atoms with Crippen LogP contribution in [-0.2, 0) is 9.53 Å². The molecule has 1 saturated heterocycles. The second-order valence-corrected chi connectivity index (χ2v) is 3.88. The first-order chi connectivity index (χ1) is 6.65. The van der Waals surface area contributed by atoms with Crippen molar-refractivity contribution in [3.63, 3.8) is 0 Å². The lowest BCUT2D eigenvalue weighted by molar-refractivity contribution is -0.148. The number of methoxy groups -OCH3 is 1. The van der Waals surface area contributed by atoms with Crippen LogP contribution in [0.4, 0.5) is 0 Å². The van der Waals surface area contributed by atoms with Crippen LogP contribution in [0.15, 0.2) is 0 Å². The number of hydrogen-bond acceptors (Lipinski definition) is 4. The summed E-state index contributed by atoms with van der Waals surface area (Å²) in [5.41, 5.74) is 0. The fourth-order valence-electron chi connectivity index (χ4n) is 1.95. The highest BCUT2D eigenvalue weighted by Crippen LogP contribution is 2.18. The van der Waals surface area contributed by atoms with E-state index in [9.17, 15) is 9.90 Å². The Morgan fingerprint density at radius 2 is 2.36 bits per heavy atom. The van der Waals surface area contributed by atoms with Crippen molar-refractivity contribution in [2.45, 2.75) is 38.3 Å². The molecule has 82 valence electrons. The van der Waals surface area contributed by atoms with Crippen LogP contribution in [0, 0.1) is 0 Å². The van der Waals surface area contributed by atoms with E-state index in [0.29, 0.717) is 6.54 Å². The zero-order chi connectivity index (χ0) is 10.6. The summed E-state index contributed by atoms with van der Waals surface area (Å²) in [7, 11) is 1.41. The van der Waals surface area contributed by atoms with Crippen molar-refractivity contribution >= 4 is 5.97 Å². The molecule has 0 amide bonds. The van der Waals surface area contributed by atoms with Gasteiger partial charge in [0.25, 0.3) is 0 Å². The molecule has 1 aliphatic rings. The molecule has 0 bridgehead atoms. The topological polar surface area (TPSA) is 49.8 Å². The molecule has 0 saturated carbocycles. The maximum Gasteiger partial charge on any atom is 0.323 e. The molecule has 0 aromatic carbocycles. The first-order valence-corrected chi connectivity index (χ1v) is 5.15. The summed E-state index contributed by atoms with van der Waals surface area (Å²) in [4.78, 5) is 13.4. The summed E-state index contributed by atoms with van der Waals surface area (Å²) in [5, 5.41) is 9.28. The molecule has 0 aliphatic carbocycles.